The van der Waals surface area contributed by atoms with Gasteiger partial charge in [-0.05, 0) is 49.4 Å². The van der Waals surface area contributed by atoms with E-state index in [9.17, 15) is 4.79 Å². The maximum absolute atomic E-state index is 11.4. The van der Waals surface area contributed by atoms with Gasteiger partial charge in [0, 0.05) is 34.8 Å². The van der Waals surface area contributed by atoms with Crippen molar-refractivity contribution in [1.82, 2.24) is 4.57 Å². The zero-order valence-corrected chi connectivity index (χ0v) is 12.3. The van der Waals surface area contributed by atoms with Crippen LogP contribution in [0.1, 0.15) is 25.3 Å². The van der Waals surface area contributed by atoms with Crippen molar-refractivity contribution in [3.05, 3.63) is 48.0 Å². The van der Waals surface area contributed by atoms with Crippen molar-refractivity contribution < 1.29 is 4.79 Å². The summed E-state index contributed by atoms with van der Waals surface area (Å²) in [6, 6.07) is 15.1. The topological polar surface area (TPSA) is 22.0 Å². The SMILES string of the molecule is CC(=O)Cc1ccc2c(c1)c1ccccc1n2CC1CC1. The highest BCUT2D eigenvalue weighted by molar-refractivity contribution is 6.08. The molecule has 21 heavy (non-hydrogen) atoms. The first-order valence-corrected chi connectivity index (χ1v) is 7.71. The minimum Gasteiger partial charge on any atom is -0.340 e. The Morgan fingerprint density at radius 3 is 2.62 bits per heavy atom. The fourth-order valence-corrected chi connectivity index (χ4v) is 3.25. The van der Waals surface area contributed by atoms with Crippen LogP contribution in [0.15, 0.2) is 42.5 Å². The molecule has 0 atom stereocenters. The summed E-state index contributed by atoms with van der Waals surface area (Å²) in [5.74, 6) is 1.07. The predicted molar refractivity (Wildman–Crippen MR) is 86.6 cm³/mol. The molecule has 3 aromatic rings. The van der Waals surface area contributed by atoms with Gasteiger partial charge in [-0.25, -0.2) is 0 Å². The fourth-order valence-electron chi connectivity index (χ4n) is 3.25. The van der Waals surface area contributed by atoms with Crippen LogP contribution in [0, 0.1) is 5.92 Å². The summed E-state index contributed by atoms with van der Waals surface area (Å²) in [6.07, 6.45) is 3.24. The second-order valence-electron chi connectivity index (χ2n) is 6.30. The molecule has 1 saturated carbocycles. The van der Waals surface area contributed by atoms with Gasteiger partial charge in [-0.1, -0.05) is 24.3 Å². The number of carbonyl (C=O) groups is 1. The number of hydrogen-bond acceptors (Lipinski definition) is 1. The van der Waals surface area contributed by atoms with Crippen LogP contribution in [0.25, 0.3) is 21.8 Å². The van der Waals surface area contributed by atoms with Crippen LogP contribution in [-0.2, 0) is 17.8 Å². The number of benzene rings is 2. The Kier molecular flexibility index (Phi) is 2.85. The van der Waals surface area contributed by atoms with E-state index in [1.807, 2.05) is 0 Å². The Morgan fingerprint density at radius 1 is 1.10 bits per heavy atom. The van der Waals surface area contributed by atoms with E-state index in [2.05, 4.69) is 47.0 Å². The minimum atomic E-state index is 0.219. The predicted octanol–water partition coefficient (Wildman–Crippen LogP) is 4.34. The Morgan fingerprint density at radius 2 is 1.86 bits per heavy atom. The van der Waals surface area contributed by atoms with Crippen LogP contribution >= 0.6 is 0 Å². The maximum atomic E-state index is 11.4. The summed E-state index contributed by atoms with van der Waals surface area (Å²) in [5, 5.41) is 2.59. The molecule has 0 saturated heterocycles. The zero-order valence-electron chi connectivity index (χ0n) is 12.3. The number of carbonyl (C=O) groups excluding carboxylic acids is 1. The third kappa shape index (κ3) is 2.25. The van der Waals surface area contributed by atoms with Crippen LogP contribution < -0.4 is 0 Å². The molecule has 1 aromatic heterocycles. The van der Waals surface area contributed by atoms with Gasteiger partial charge in [0.15, 0.2) is 0 Å². The minimum absolute atomic E-state index is 0.219. The molecular formula is C19H19NO. The van der Waals surface area contributed by atoms with Gasteiger partial charge in [0.2, 0.25) is 0 Å². The number of Topliss-reactive ketones (excluding diaryl/α,β-unsaturated/α-hetero) is 1. The standard InChI is InChI=1S/C19H19NO/c1-13(21)10-15-8-9-19-17(11-15)16-4-2-3-5-18(16)20(19)12-14-6-7-14/h2-5,8-9,11,14H,6-7,10,12H2,1H3. The third-order valence-electron chi connectivity index (χ3n) is 4.43. The van der Waals surface area contributed by atoms with Crippen molar-refractivity contribution in [2.24, 2.45) is 5.92 Å². The second kappa shape index (κ2) is 4.73. The van der Waals surface area contributed by atoms with Crippen LogP contribution in [0.2, 0.25) is 0 Å². The highest BCUT2D eigenvalue weighted by Crippen LogP contribution is 2.36. The lowest BCUT2D eigenvalue weighted by Gasteiger charge is -2.06. The maximum Gasteiger partial charge on any atom is 0.134 e. The average Bonchev–Trinajstić information content (AvgIpc) is 3.23. The van der Waals surface area contributed by atoms with E-state index in [1.54, 1.807) is 6.92 Å². The molecule has 2 aromatic carbocycles. The van der Waals surface area contributed by atoms with Crippen LogP contribution in [-0.4, -0.2) is 10.4 Å². The van der Waals surface area contributed by atoms with Gasteiger partial charge >= 0.3 is 0 Å². The first-order valence-electron chi connectivity index (χ1n) is 7.71. The van der Waals surface area contributed by atoms with Gasteiger partial charge in [-0.15, -0.1) is 0 Å². The monoisotopic (exact) mass is 277 g/mol. The number of aromatic nitrogens is 1. The molecular weight excluding hydrogens is 258 g/mol. The number of ketones is 1. The number of para-hydroxylation sites is 1. The number of fused-ring (bicyclic) bond motifs is 3. The van der Waals surface area contributed by atoms with Gasteiger partial charge in [0.05, 0.1) is 0 Å². The van der Waals surface area contributed by atoms with E-state index < -0.39 is 0 Å². The molecule has 1 heterocycles. The lowest BCUT2D eigenvalue weighted by Crippen LogP contribution is -1.99. The van der Waals surface area contributed by atoms with E-state index in [0.29, 0.717) is 6.42 Å². The molecule has 1 aliphatic rings. The molecule has 106 valence electrons. The molecule has 0 unspecified atom stereocenters. The van der Waals surface area contributed by atoms with E-state index in [-0.39, 0.29) is 5.78 Å². The van der Waals surface area contributed by atoms with Crippen molar-refractivity contribution in [3.8, 4) is 0 Å². The largest absolute Gasteiger partial charge is 0.340 e. The van der Waals surface area contributed by atoms with E-state index >= 15 is 0 Å². The Labute approximate surface area is 124 Å². The summed E-state index contributed by atoms with van der Waals surface area (Å²) >= 11 is 0. The van der Waals surface area contributed by atoms with Crippen LogP contribution in [0.4, 0.5) is 0 Å². The van der Waals surface area contributed by atoms with E-state index in [4.69, 9.17) is 0 Å². The summed E-state index contributed by atoms with van der Waals surface area (Å²) in [7, 11) is 0. The molecule has 1 fully saturated rings. The van der Waals surface area contributed by atoms with Gasteiger partial charge in [-0.2, -0.15) is 0 Å². The summed E-state index contributed by atoms with van der Waals surface area (Å²) in [6.45, 7) is 2.77. The molecule has 1 aliphatic carbocycles. The molecule has 0 spiro atoms. The molecule has 4 rings (SSSR count). The average molecular weight is 277 g/mol. The van der Waals surface area contributed by atoms with Crippen LogP contribution in [0.3, 0.4) is 0 Å². The molecule has 0 N–H and O–H groups in total. The number of rotatable bonds is 4. The number of hydrogen-bond donors (Lipinski definition) is 0. The van der Waals surface area contributed by atoms with Crippen molar-refractivity contribution in [2.45, 2.75) is 32.7 Å². The highest BCUT2D eigenvalue weighted by Gasteiger charge is 2.23. The lowest BCUT2D eigenvalue weighted by molar-refractivity contribution is -0.116. The molecule has 0 aliphatic heterocycles. The van der Waals surface area contributed by atoms with Gasteiger partial charge in [0.1, 0.15) is 5.78 Å². The Hall–Kier alpha value is -2.09. The summed E-state index contributed by atoms with van der Waals surface area (Å²) in [4.78, 5) is 11.4. The lowest BCUT2D eigenvalue weighted by atomic mass is 10.1. The molecule has 0 bridgehead atoms. The second-order valence-corrected chi connectivity index (χ2v) is 6.30. The molecule has 0 radical (unpaired) electrons. The smallest absolute Gasteiger partial charge is 0.134 e. The van der Waals surface area contributed by atoms with E-state index in [0.717, 1.165) is 18.0 Å². The van der Waals surface area contributed by atoms with Crippen molar-refractivity contribution in [2.75, 3.05) is 0 Å². The van der Waals surface area contributed by atoms with Gasteiger partial charge in [-0.3, -0.25) is 4.79 Å². The first kappa shape index (κ1) is 12.6. The zero-order chi connectivity index (χ0) is 14.4. The Balaban J connectivity index is 1.94. The Bertz CT molecular complexity index is 839. The third-order valence-corrected chi connectivity index (χ3v) is 4.43. The highest BCUT2D eigenvalue weighted by atomic mass is 16.1. The molecule has 2 nitrogen and oxygen atoms in total. The van der Waals surface area contributed by atoms with E-state index in [1.165, 1.54) is 34.6 Å². The number of nitrogens with zero attached hydrogens (tertiary/aromatic N) is 1. The fraction of sp³-hybridized carbons (Fsp3) is 0.316. The summed E-state index contributed by atoms with van der Waals surface area (Å²) in [5.41, 5.74) is 3.74. The first-order chi connectivity index (χ1) is 10.2. The van der Waals surface area contributed by atoms with Gasteiger partial charge in [0.25, 0.3) is 0 Å². The van der Waals surface area contributed by atoms with Crippen molar-refractivity contribution in [1.29, 1.82) is 0 Å². The van der Waals surface area contributed by atoms with Gasteiger partial charge < -0.3 is 4.57 Å². The van der Waals surface area contributed by atoms with Crippen molar-refractivity contribution >= 4 is 27.6 Å². The quantitative estimate of drug-likeness (QED) is 0.695. The molecule has 2 heteroatoms. The normalized spacial score (nSPS) is 14.9. The molecule has 0 amide bonds. The van der Waals surface area contributed by atoms with Crippen LogP contribution in [0.5, 0.6) is 0 Å². The van der Waals surface area contributed by atoms with Crippen molar-refractivity contribution in [3.63, 3.8) is 0 Å². The summed E-state index contributed by atoms with van der Waals surface area (Å²) < 4.78 is 2.46.